The minimum absolute atomic E-state index is 0.231. The smallest absolute Gasteiger partial charge is 0.0784 e. The zero-order valence-electron chi connectivity index (χ0n) is 7.70. The van der Waals surface area contributed by atoms with E-state index in [-0.39, 0.29) is 8.80 Å². The molecular formula is C9H15O3Si. The summed E-state index contributed by atoms with van der Waals surface area (Å²) in [6.45, 7) is 3.02. The first kappa shape index (κ1) is 8.41. The third-order valence-electron chi connectivity index (χ3n) is 2.76. The van der Waals surface area contributed by atoms with E-state index in [1.165, 1.54) is 18.1 Å². The molecule has 3 heterocycles. The molecule has 0 amide bonds. The molecular weight excluding hydrogens is 184 g/mol. The number of hydrogen-bond acceptors (Lipinski definition) is 3. The van der Waals surface area contributed by atoms with Crippen molar-refractivity contribution in [3.63, 3.8) is 0 Å². The van der Waals surface area contributed by atoms with Gasteiger partial charge in [-0.05, 0) is 18.1 Å². The van der Waals surface area contributed by atoms with Crippen LogP contribution in [0.2, 0.25) is 18.1 Å². The van der Waals surface area contributed by atoms with E-state index in [9.17, 15) is 0 Å². The summed E-state index contributed by atoms with van der Waals surface area (Å²) in [4.78, 5) is 0. The van der Waals surface area contributed by atoms with Crippen LogP contribution in [0.5, 0.6) is 0 Å². The fraction of sp³-hybridized carbons (Fsp3) is 1.00. The average molecular weight is 199 g/mol. The van der Waals surface area contributed by atoms with Crippen molar-refractivity contribution in [2.24, 2.45) is 0 Å². The summed E-state index contributed by atoms with van der Waals surface area (Å²) in [6, 6.07) is 3.97. The maximum absolute atomic E-state index is 5.29. The van der Waals surface area contributed by atoms with Crippen molar-refractivity contribution >= 4 is 8.80 Å². The largest absolute Gasteiger partial charge is 0.373 e. The average Bonchev–Trinajstić information content (AvgIpc) is 2.94. The molecule has 0 aromatic carbocycles. The summed E-state index contributed by atoms with van der Waals surface area (Å²) in [5.41, 5.74) is 0. The van der Waals surface area contributed by atoms with E-state index in [0.29, 0.717) is 18.3 Å². The number of ether oxygens (including phenoxy) is 3. The van der Waals surface area contributed by atoms with E-state index in [0.717, 1.165) is 19.8 Å². The van der Waals surface area contributed by atoms with E-state index in [2.05, 4.69) is 0 Å². The summed E-state index contributed by atoms with van der Waals surface area (Å²) >= 11 is 0. The molecule has 0 bridgehead atoms. The topological polar surface area (TPSA) is 37.6 Å². The fourth-order valence-corrected chi connectivity index (χ4v) is 4.91. The Morgan fingerprint density at radius 1 is 0.769 bits per heavy atom. The molecule has 3 atom stereocenters. The molecule has 0 aromatic heterocycles. The maximum atomic E-state index is 5.29. The van der Waals surface area contributed by atoms with Crippen LogP contribution in [0.4, 0.5) is 0 Å². The minimum atomic E-state index is -0.231. The second-order valence-corrected chi connectivity index (χ2v) is 6.95. The van der Waals surface area contributed by atoms with Crippen molar-refractivity contribution in [1.29, 1.82) is 0 Å². The molecule has 3 rings (SSSR count). The Morgan fingerprint density at radius 3 is 1.31 bits per heavy atom. The fourth-order valence-electron chi connectivity index (χ4n) is 1.77. The Morgan fingerprint density at radius 2 is 1.08 bits per heavy atom. The van der Waals surface area contributed by atoms with Gasteiger partial charge < -0.3 is 14.2 Å². The molecule has 3 aliphatic rings. The molecule has 0 aliphatic carbocycles. The molecule has 4 heteroatoms. The van der Waals surface area contributed by atoms with Crippen molar-refractivity contribution in [3.8, 4) is 0 Å². The van der Waals surface area contributed by atoms with Gasteiger partial charge in [-0.25, -0.2) is 0 Å². The molecule has 0 saturated carbocycles. The van der Waals surface area contributed by atoms with Crippen molar-refractivity contribution in [3.05, 3.63) is 0 Å². The standard InChI is InChI=1S/C9H15O3Si/c1-7(10-1)4-13(5-8-2-11-8)6-9-3-12-9/h7-9H,1-6H2. The minimum Gasteiger partial charge on any atom is -0.373 e. The van der Waals surface area contributed by atoms with E-state index in [4.69, 9.17) is 14.2 Å². The first-order valence-corrected chi connectivity index (χ1v) is 7.20. The normalized spacial score (nSPS) is 40.8. The van der Waals surface area contributed by atoms with E-state index in [1.54, 1.807) is 0 Å². The molecule has 3 unspecified atom stereocenters. The number of rotatable bonds is 6. The van der Waals surface area contributed by atoms with Gasteiger partial charge in [0.15, 0.2) is 0 Å². The first-order valence-electron chi connectivity index (χ1n) is 5.08. The van der Waals surface area contributed by atoms with Crippen LogP contribution in [0.1, 0.15) is 0 Å². The molecule has 3 fully saturated rings. The van der Waals surface area contributed by atoms with Crippen molar-refractivity contribution in [2.75, 3.05) is 19.8 Å². The molecule has 13 heavy (non-hydrogen) atoms. The summed E-state index contributed by atoms with van der Waals surface area (Å²) in [5, 5.41) is 0. The summed E-state index contributed by atoms with van der Waals surface area (Å²) in [6.07, 6.45) is 1.81. The van der Waals surface area contributed by atoms with Crippen molar-refractivity contribution in [2.45, 2.75) is 36.4 Å². The van der Waals surface area contributed by atoms with Gasteiger partial charge in [-0.2, -0.15) is 0 Å². The zero-order chi connectivity index (χ0) is 8.67. The van der Waals surface area contributed by atoms with E-state index in [1.807, 2.05) is 0 Å². The molecule has 3 aliphatic heterocycles. The van der Waals surface area contributed by atoms with Gasteiger partial charge in [-0.3, -0.25) is 0 Å². The van der Waals surface area contributed by atoms with Gasteiger partial charge in [-0.1, -0.05) is 0 Å². The molecule has 3 saturated heterocycles. The molecule has 3 nitrogen and oxygen atoms in total. The van der Waals surface area contributed by atoms with Crippen LogP contribution in [0.3, 0.4) is 0 Å². The van der Waals surface area contributed by atoms with Crippen LogP contribution in [0.25, 0.3) is 0 Å². The van der Waals surface area contributed by atoms with Crippen molar-refractivity contribution in [1.82, 2.24) is 0 Å². The van der Waals surface area contributed by atoms with Crippen LogP contribution in [-0.4, -0.2) is 46.9 Å². The molecule has 0 spiro atoms. The number of hydrogen-bond donors (Lipinski definition) is 0. The molecule has 73 valence electrons. The Labute approximate surface area is 80.0 Å². The van der Waals surface area contributed by atoms with Gasteiger partial charge in [0.05, 0.1) is 46.9 Å². The lowest BCUT2D eigenvalue weighted by molar-refractivity contribution is 0.409. The lowest BCUT2D eigenvalue weighted by Gasteiger charge is -2.10. The second kappa shape index (κ2) is 3.35. The maximum Gasteiger partial charge on any atom is 0.0784 e. The highest BCUT2D eigenvalue weighted by Crippen LogP contribution is 2.29. The van der Waals surface area contributed by atoms with Crippen molar-refractivity contribution < 1.29 is 14.2 Å². The third-order valence-corrected chi connectivity index (χ3v) is 5.85. The monoisotopic (exact) mass is 199 g/mol. The lowest BCUT2D eigenvalue weighted by atomic mass is 10.5. The van der Waals surface area contributed by atoms with Crippen LogP contribution < -0.4 is 0 Å². The van der Waals surface area contributed by atoms with Gasteiger partial charge in [0, 0.05) is 0 Å². The first-order chi connectivity index (χ1) is 6.40. The van der Waals surface area contributed by atoms with Crippen LogP contribution in [-0.2, 0) is 14.2 Å². The van der Waals surface area contributed by atoms with Crippen LogP contribution >= 0.6 is 0 Å². The Balaban J connectivity index is 1.45. The highest BCUT2D eigenvalue weighted by atomic mass is 28.3. The van der Waals surface area contributed by atoms with Gasteiger partial charge in [0.1, 0.15) is 0 Å². The molecule has 0 N–H and O–H groups in total. The Kier molecular flexibility index (Phi) is 2.16. The molecule has 1 radical (unpaired) electrons. The molecule has 0 aromatic rings. The third kappa shape index (κ3) is 2.77. The van der Waals surface area contributed by atoms with Gasteiger partial charge in [0.25, 0.3) is 0 Å². The van der Waals surface area contributed by atoms with Crippen LogP contribution in [0, 0.1) is 0 Å². The predicted molar refractivity (Wildman–Crippen MR) is 49.4 cm³/mol. The summed E-state index contributed by atoms with van der Waals surface area (Å²) < 4.78 is 15.9. The van der Waals surface area contributed by atoms with E-state index < -0.39 is 0 Å². The van der Waals surface area contributed by atoms with Gasteiger partial charge in [0.2, 0.25) is 0 Å². The second-order valence-electron chi connectivity index (χ2n) is 4.23. The van der Waals surface area contributed by atoms with E-state index >= 15 is 0 Å². The summed E-state index contributed by atoms with van der Waals surface area (Å²) in [7, 11) is -0.231. The predicted octanol–water partition coefficient (Wildman–Crippen LogP) is 0.678. The Hall–Kier alpha value is 0.0969. The Bertz CT molecular complexity index is 154. The lowest BCUT2D eigenvalue weighted by Crippen LogP contribution is -2.19. The number of epoxide rings is 3. The summed E-state index contributed by atoms with van der Waals surface area (Å²) in [5.74, 6) is 0. The zero-order valence-corrected chi connectivity index (χ0v) is 8.70. The van der Waals surface area contributed by atoms with Crippen LogP contribution in [0.15, 0.2) is 0 Å². The SMILES string of the molecule is C1OC1C[Si](CC1CO1)CC1CO1. The quantitative estimate of drug-likeness (QED) is 0.466. The highest BCUT2D eigenvalue weighted by molar-refractivity contribution is 6.59. The highest BCUT2D eigenvalue weighted by Gasteiger charge is 2.36. The van der Waals surface area contributed by atoms with Gasteiger partial charge >= 0.3 is 0 Å². The van der Waals surface area contributed by atoms with Gasteiger partial charge in [-0.15, -0.1) is 0 Å².